The lowest BCUT2D eigenvalue weighted by Gasteiger charge is -2.16. The Morgan fingerprint density at radius 3 is 2.77 bits per heavy atom. The zero-order valence-electron chi connectivity index (χ0n) is 15.0. The molecule has 0 atom stereocenters. The van der Waals surface area contributed by atoms with Gasteiger partial charge in [0.15, 0.2) is 0 Å². The summed E-state index contributed by atoms with van der Waals surface area (Å²) in [5, 5.41) is 8.63. The van der Waals surface area contributed by atoms with Gasteiger partial charge < -0.3 is 9.73 Å². The van der Waals surface area contributed by atoms with E-state index in [0.717, 1.165) is 23.8 Å². The molecule has 136 valence electrons. The van der Waals surface area contributed by atoms with Crippen LogP contribution in [-0.4, -0.2) is 21.7 Å². The molecule has 1 aliphatic carbocycles. The molecule has 0 aliphatic heterocycles. The second kappa shape index (κ2) is 6.94. The summed E-state index contributed by atoms with van der Waals surface area (Å²) in [6.45, 7) is 2.09. The molecule has 6 heteroatoms. The van der Waals surface area contributed by atoms with Crippen LogP contribution in [-0.2, 0) is 11.3 Å². The van der Waals surface area contributed by atoms with E-state index in [1.54, 1.807) is 10.7 Å². The summed E-state index contributed by atoms with van der Waals surface area (Å²) in [4.78, 5) is 24.8. The fourth-order valence-electron chi connectivity index (χ4n) is 3.84. The van der Waals surface area contributed by atoms with Gasteiger partial charge in [0.1, 0.15) is 17.5 Å². The maximum absolute atomic E-state index is 12.5. The third-order valence-corrected chi connectivity index (χ3v) is 5.17. The van der Waals surface area contributed by atoms with E-state index >= 15 is 0 Å². The van der Waals surface area contributed by atoms with Gasteiger partial charge in [0.05, 0.1) is 11.7 Å². The van der Waals surface area contributed by atoms with Crippen molar-refractivity contribution in [1.29, 1.82) is 0 Å². The lowest BCUT2D eigenvalue weighted by molar-refractivity contribution is -0.122. The predicted molar refractivity (Wildman–Crippen MR) is 100 cm³/mol. The molecule has 1 aromatic carbocycles. The highest BCUT2D eigenvalue weighted by Crippen LogP contribution is 2.24. The number of hydrogen-bond acceptors (Lipinski definition) is 4. The molecular weight excluding hydrogens is 330 g/mol. The average Bonchev–Trinajstić information content (AvgIpc) is 2.86. The summed E-state index contributed by atoms with van der Waals surface area (Å²) >= 11 is 0. The summed E-state index contributed by atoms with van der Waals surface area (Å²) in [7, 11) is 0. The normalized spacial score (nSPS) is 16.0. The van der Waals surface area contributed by atoms with Crippen molar-refractivity contribution in [3.63, 3.8) is 0 Å². The number of nitrogens with one attached hydrogen (secondary N) is 1. The van der Waals surface area contributed by atoms with Gasteiger partial charge in [-0.2, -0.15) is 5.10 Å². The maximum Gasteiger partial charge on any atom is 0.347 e. The van der Waals surface area contributed by atoms with Crippen molar-refractivity contribution in [3.05, 3.63) is 40.4 Å². The van der Waals surface area contributed by atoms with Gasteiger partial charge in [-0.15, -0.1) is 0 Å². The van der Waals surface area contributed by atoms with Crippen LogP contribution in [0.5, 0.6) is 0 Å². The molecule has 4 rings (SSSR count). The fraction of sp³-hybridized carbons (Fsp3) is 0.450. The molecule has 1 amide bonds. The number of hydrogen-bond donors (Lipinski definition) is 1. The van der Waals surface area contributed by atoms with Gasteiger partial charge in [-0.25, -0.2) is 4.79 Å². The van der Waals surface area contributed by atoms with Crippen LogP contribution < -0.4 is 10.9 Å². The van der Waals surface area contributed by atoms with Crippen molar-refractivity contribution < 1.29 is 9.21 Å². The third kappa shape index (κ3) is 3.23. The van der Waals surface area contributed by atoms with E-state index in [2.05, 4.69) is 10.4 Å². The second-order valence-electron chi connectivity index (χ2n) is 7.21. The van der Waals surface area contributed by atoms with E-state index < -0.39 is 5.63 Å². The Morgan fingerprint density at radius 1 is 1.23 bits per heavy atom. The van der Waals surface area contributed by atoms with E-state index in [1.165, 1.54) is 31.9 Å². The molecule has 2 aromatic heterocycles. The van der Waals surface area contributed by atoms with E-state index in [0.29, 0.717) is 16.5 Å². The van der Waals surface area contributed by atoms with Gasteiger partial charge >= 0.3 is 5.63 Å². The van der Waals surface area contributed by atoms with Crippen molar-refractivity contribution in [3.8, 4) is 0 Å². The molecule has 2 heterocycles. The van der Waals surface area contributed by atoms with Gasteiger partial charge in [0.25, 0.3) is 0 Å². The van der Waals surface area contributed by atoms with Crippen LogP contribution in [0.15, 0.2) is 33.6 Å². The van der Waals surface area contributed by atoms with Crippen molar-refractivity contribution in [1.82, 2.24) is 15.1 Å². The van der Waals surface area contributed by atoms with E-state index in [-0.39, 0.29) is 18.5 Å². The van der Waals surface area contributed by atoms with Crippen LogP contribution in [0.25, 0.3) is 21.9 Å². The van der Waals surface area contributed by atoms with Gasteiger partial charge in [-0.1, -0.05) is 37.3 Å². The van der Waals surface area contributed by atoms with E-state index in [1.807, 2.05) is 19.1 Å². The molecule has 0 radical (unpaired) electrons. The average molecular weight is 353 g/mol. The summed E-state index contributed by atoms with van der Waals surface area (Å²) < 4.78 is 6.99. The Hall–Kier alpha value is -2.63. The van der Waals surface area contributed by atoms with Crippen LogP contribution in [0, 0.1) is 6.92 Å². The molecule has 1 aliphatic rings. The second-order valence-corrected chi connectivity index (χ2v) is 7.21. The molecule has 26 heavy (non-hydrogen) atoms. The Morgan fingerprint density at radius 2 is 2.00 bits per heavy atom. The molecule has 3 aromatic rings. The van der Waals surface area contributed by atoms with Crippen LogP contribution >= 0.6 is 0 Å². The summed E-state index contributed by atoms with van der Waals surface area (Å²) in [5.74, 6) is -0.0593. The molecule has 1 saturated carbocycles. The van der Waals surface area contributed by atoms with Gasteiger partial charge in [0.2, 0.25) is 5.91 Å². The smallest absolute Gasteiger partial charge is 0.347 e. The number of benzene rings is 1. The van der Waals surface area contributed by atoms with Crippen molar-refractivity contribution in [2.45, 2.75) is 58.0 Å². The van der Waals surface area contributed by atoms with Crippen molar-refractivity contribution in [2.75, 3.05) is 0 Å². The van der Waals surface area contributed by atoms with Gasteiger partial charge in [0, 0.05) is 11.4 Å². The largest absolute Gasteiger partial charge is 0.422 e. The first-order chi connectivity index (χ1) is 12.6. The highest BCUT2D eigenvalue weighted by molar-refractivity contribution is 6.02. The van der Waals surface area contributed by atoms with E-state index in [9.17, 15) is 9.59 Å². The fourth-order valence-corrected chi connectivity index (χ4v) is 3.84. The van der Waals surface area contributed by atoms with Crippen molar-refractivity contribution >= 4 is 27.8 Å². The first-order valence-corrected chi connectivity index (χ1v) is 9.30. The minimum absolute atomic E-state index is 0.0593. The predicted octanol–water partition coefficient (Wildman–Crippen LogP) is 3.29. The van der Waals surface area contributed by atoms with Crippen LogP contribution in [0.1, 0.15) is 44.1 Å². The van der Waals surface area contributed by atoms with E-state index in [4.69, 9.17) is 4.42 Å². The number of aryl methyl sites for hydroxylation is 1. The number of carbonyl (C=O) groups excluding carboxylic acids is 1. The molecular formula is C20H23N3O3. The number of aromatic nitrogens is 2. The minimum atomic E-state index is -0.424. The summed E-state index contributed by atoms with van der Waals surface area (Å²) in [5.41, 5.74) is 1.81. The SMILES string of the molecule is Cc1ccc2oc(=O)c3cnn(CC(=O)NC4CCCCCC4)c3c2c1. The zero-order valence-corrected chi connectivity index (χ0v) is 15.0. The van der Waals surface area contributed by atoms with Crippen LogP contribution in [0.2, 0.25) is 0 Å². The molecule has 0 spiro atoms. The van der Waals surface area contributed by atoms with Crippen LogP contribution in [0.3, 0.4) is 0 Å². The summed E-state index contributed by atoms with van der Waals surface area (Å²) in [6.07, 6.45) is 8.40. The Balaban J connectivity index is 1.66. The quantitative estimate of drug-likeness (QED) is 0.579. The highest BCUT2D eigenvalue weighted by atomic mass is 16.4. The number of carbonyl (C=O) groups is 1. The first-order valence-electron chi connectivity index (χ1n) is 9.30. The first kappa shape index (κ1) is 16.8. The minimum Gasteiger partial charge on any atom is -0.422 e. The van der Waals surface area contributed by atoms with Crippen LogP contribution in [0.4, 0.5) is 0 Å². The Kier molecular flexibility index (Phi) is 4.49. The number of amides is 1. The monoisotopic (exact) mass is 353 g/mol. The molecule has 0 unspecified atom stereocenters. The van der Waals surface area contributed by atoms with Crippen molar-refractivity contribution in [2.24, 2.45) is 0 Å². The third-order valence-electron chi connectivity index (χ3n) is 5.17. The molecule has 0 saturated heterocycles. The molecule has 0 bridgehead atoms. The Labute approximate surface area is 151 Å². The highest BCUT2D eigenvalue weighted by Gasteiger charge is 2.18. The number of nitrogens with zero attached hydrogens (tertiary/aromatic N) is 2. The topological polar surface area (TPSA) is 77.1 Å². The molecule has 6 nitrogen and oxygen atoms in total. The van der Waals surface area contributed by atoms with Gasteiger partial charge in [-0.3, -0.25) is 9.48 Å². The number of rotatable bonds is 3. The molecule has 1 N–H and O–H groups in total. The zero-order chi connectivity index (χ0) is 18.1. The number of fused-ring (bicyclic) bond motifs is 3. The molecule has 1 fully saturated rings. The maximum atomic E-state index is 12.5. The van der Waals surface area contributed by atoms with Gasteiger partial charge in [-0.05, 0) is 31.9 Å². The standard InChI is InChI=1S/C20H23N3O3/c1-13-8-9-17-15(10-13)19-16(20(25)26-17)11-21-23(19)12-18(24)22-14-6-4-2-3-5-7-14/h8-11,14H,2-7,12H2,1H3,(H,22,24). The lowest BCUT2D eigenvalue weighted by Crippen LogP contribution is -2.36. The Bertz CT molecular complexity index is 1010. The summed E-state index contributed by atoms with van der Waals surface area (Å²) in [6, 6.07) is 5.89. The lowest BCUT2D eigenvalue weighted by atomic mass is 10.1.